The lowest BCUT2D eigenvalue weighted by atomic mass is 9.85. The third-order valence-corrected chi connectivity index (χ3v) is 9.83. The van der Waals surface area contributed by atoms with Crippen LogP contribution < -0.4 is 0 Å². The van der Waals surface area contributed by atoms with Gasteiger partial charge >= 0.3 is 0 Å². The second-order valence-electron chi connectivity index (χ2n) is 12.5. The first kappa shape index (κ1) is 26.8. The summed E-state index contributed by atoms with van der Waals surface area (Å²) in [6.07, 6.45) is 1.86. The monoisotopic (exact) mass is 608 g/mol. The number of pyridine rings is 2. The van der Waals surface area contributed by atoms with Crippen molar-refractivity contribution in [1.82, 2.24) is 9.97 Å². The molecule has 2 heteroatoms. The van der Waals surface area contributed by atoms with Crippen molar-refractivity contribution in [3.05, 3.63) is 170 Å². The molecule has 0 spiro atoms. The fourth-order valence-corrected chi connectivity index (χ4v) is 7.73. The molecular formula is C46H28N2. The van der Waals surface area contributed by atoms with Gasteiger partial charge in [-0.05, 0) is 84.4 Å². The van der Waals surface area contributed by atoms with Gasteiger partial charge in [0.15, 0.2) is 0 Å². The minimum atomic E-state index is 0.930. The van der Waals surface area contributed by atoms with Crippen LogP contribution in [0.2, 0.25) is 0 Å². The van der Waals surface area contributed by atoms with E-state index in [1.54, 1.807) is 0 Å². The van der Waals surface area contributed by atoms with Crippen LogP contribution in [0.5, 0.6) is 0 Å². The Hall–Kier alpha value is -6.38. The second kappa shape index (κ2) is 10.6. The minimum absolute atomic E-state index is 0.930. The Balaban J connectivity index is 1.27. The molecule has 222 valence electrons. The predicted octanol–water partition coefficient (Wildman–Crippen LogP) is 12.4. The van der Waals surface area contributed by atoms with E-state index < -0.39 is 0 Å². The number of rotatable bonds is 3. The van der Waals surface area contributed by atoms with Crippen molar-refractivity contribution in [2.75, 3.05) is 0 Å². The summed E-state index contributed by atoms with van der Waals surface area (Å²) in [5.74, 6) is 0. The molecule has 10 rings (SSSR count). The van der Waals surface area contributed by atoms with E-state index in [2.05, 4.69) is 158 Å². The highest BCUT2D eigenvalue weighted by Crippen LogP contribution is 2.45. The van der Waals surface area contributed by atoms with Crippen molar-refractivity contribution < 1.29 is 0 Å². The Labute approximate surface area is 277 Å². The van der Waals surface area contributed by atoms with E-state index in [4.69, 9.17) is 9.97 Å². The molecule has 0 atom stereocenters. The Morgan fingerprint density at radius 2 is 0.854 bits per heavy atom. The van der Waals surface area contributed by atoms with Crippen LogP contribution in [0.4, 0.5) is 0 Å². The number of fused-ring (bicyclic) bond motifs is 7. The SMILES string of the molecule is c1cc(-c2c3ccccc3c(-c3ccc4ccccc4c3)c3ccccc23)cc(-c2c3ccccc3nc3c2ccc2cccnc23)c1. The zero-order valence-corrected chi connectivity index (χ0v) is 26.1. The molecule has 2 heterocycles. The van der Waals surface area contributed by atoms with E-state index >= 15 is 0 Å². The van der Waals surface area contributed by atoms with Gasteiger partial charge in [-0.25, -0.2) is 4.98 Å². The van der Waals surface area contributed by atoms with E-state index in [9.17, 15) is 0 Å². The van der Waals surface area contributed by atoms with E-state index in [1.165, 1.54) is 60.1 Å². The van der Waals surface area contributed by atoms with Crippen LogP contribution in [0.3, 0.4) is 0 Å². The number of para-hydroxylation sites is 1. The predicted molar refractivity (Wildman–Crippen MR) is 203 cm³/mol. The number of aromatic nitrogens is 2. The molecule has 8 aromatic carbocycles. The fourth-order valence-electron chi connectivity index (χ4n) is 7.73. The van der Waals surface area contributed by atoms with Gasteiger partial charge in [-0.2, -0.15) is 0 Å². The Morgan fingerprint density at radius 1 is 0.312 bits per heavy atom. The summed E-state index contributed by atoms with van der Waals surface area (Å²) in [5, 5.41) is 10.8. The van der Waals surface area contributed by atoms with E-state index in [0.29, 0.717) is 0 Å². The van der Waals surface area contributed by atoms with Crippen LogP contribution >= 0.6 is 0 Å². The number of benzene rings is 8. The largest absolute Gasteiger partial charge is 0.254 e. The summed E-state index contributed by atoms with van der Waals surface area (Å²) in [6.45, 7) is 0. The summed E-state index contributed by atoms with van der Waals surface area (Å²) in [5.41, 5.74) is 10.1. The zero-order valence-electron chi connectivity index (χ0n) is 26.1. The highest BCUT2D eigenvalue weighted by atomic mass is 14.7. The molecule has 0 aliphatic carbocycles. The molecule has 0 saturated carbocycles. The van der Waals surface area contributed by atoms with Crippen molar-refractivity contribution in [1.29, 1.82) is 0 Å². The second-order valence-corrected chi connectivity index (χ2v) is 12.5. The summed E-state index contributed by atoms with van der Waals surface area (Å²) in [7, 11) is 0. The maximum atomic E-state index is 5.15. The lowest BCUT2D eigenvalue weighted by Crippen LogP contribution is -1.93. The van der Waals surface area contributed by atoms with Crippen molar-refractivity contribution in [3.63, 3.8) is 0 Å². The molecule has 0 N–H and O–H groups in total. The average molecular weight is 609 g/mol. The number of nitrogens with zero attached hydrogens (tertiary/aromatic N) is 2. The molecule has 2 nitrogen and oxygen atoms in total. The van der Waals surface area contributed by atoms with Gasteiger partial charge in [0.2, 0.25) is 0 Å². The van der Waals surface area contributed by atoms with Crippen LogP contribution in [0.15, 0.2) is 170 Å². The topological polar surface area (TPSA) is 25.8 Å². The van der Waals surface area contributed by atoms with Crippen LogP contribution in [-0.2, 0) is 0 Å². The molecule has 0 unspecified atom stereocenters. The molecule has 10 aromatic rings. The molecule has 0 bridgehead atoms. The van der Waals surface area contributed by atoms with Crippen molar-refractivity contribution in [2.24, 2.45) is 0 Å². The van der Waals surface area contributed by atoms with Gasteiger partial charge in [-0.15, -0.1) is 0 Å². The maximum Gasteiger partial charge on any atom is 0.0978 e. The van der Waals surface area contributed by atoms with Gasteiger partial charge < -0.3 is 0 Å². The van der Waals surface area contributed by atoms with Gasteiger partial charge in [-0.1, -0.05) is 140 Å². The van der Waals surface area contributed by atoms with E-state index in [1.807, 2.05) is 12.3 Å². The lowest BCUT2D eigenvalue weighted by Gasteiger charge is -2.19. The molecule has 0 aliphatic heterocycles. The van der Waals surface area contributed by atoms with E-state index in [0.717, 1.165) is 38.3 Å². The van der Waals surface area contributed by atoms with Crippen molar-refractivity contribution >= 4 is 65.0 Å². The molecule has 48 heavy (non-hydrogen) atoms. The quantitative estimate of drug-likeness (QED) is 0.147. The normalized spacial score (nSPS) is 11.8. The minimum Gasteiger partial charge on any atom is -0.254 e. The van der Waals surface area contributed by atoms with Crippen molar-refractivity contribution in [2.45, 2.75) is 0 Å². The number of hydrogen-bond acceptors (Lipinski definition) is 2. The molecule has 0 aliphatic rings. The zero-order chi connectivity index (χ0) is 31.6. The van der Waals surface area contributed by atoms with Crippen LogP contribution in [-0.4, -0.2) is 9.97 Å². The van der Waals surface area contributed by atoms with Crippen LogP contribution in [0.25, 0.3) is 98.4 Å². The third-order valence-electron chi connectivity index (χ3n) is 9.83. The van der Waals surface area contributed by atoms with Crippen LogP contribution in [0.1, 0.15) is 0 Å². The smallest absolute Gasteiger partial charge is 0.0978 e. The lowest BCUT2D eigenvalue weighted by molar-refractivity contribution is 1.40. The summed E-state index contributed by atoms with van der Waals surface area (Å²) in [4.78, 5) is 9.92. The van der Waals surface area contributed by atoms with Crippen molar-refractivity contribution in [3.8, 4) is 33.4 Å². The Morgan fingerprint density at radius 3 is 1.56 bits per heavy atom. The van der Waals surface area contributed by atoms with Gasteiger partial charge in [-0.3, -0.25) is 4.98 Å². The highest BCUT2D eigenvalue weighted by molar-refractivity contribution is 6.22. The van der Waals surface area contributed by atoms with Gasteiger partial charge in [0.1, 0.15) is 0 Å². The highest BCUT2D eigenvalue weighted by Gasteiger charge is 2.19. The first-order valence-corrected chi connectivity index (χ1v) is 16.4. The Kier molecular flexibility index (Phi) is 5.91. The number of hydrogen-bond donors (Lipinski definition) is 0. The third kappa shape index (κ3) is 4.06. The molecular weight excluding hydrogens is 581 g/mol. The molecule has 0 saturated heterocycles. The maximum absolute atomic E-state index is 5.15. The summed E-state index contributed by atoms with van der Waals surface area (Å²) < 4.78 is 0. The van der Waals surface area contributed by atoms with Gasteiger partial charge in [0.05, 0.1) is 16.6 Å². The molecule has 0 amide bonds. The van der Waals surface area contributed by atoms with Crippen LogP contribution in [0, 0.1) is 0 Å². The summed E-state index contributed by atoms with van der Waals surface area (Å²) >= 11 is 0. The van der Waals surface area contributed by atoms with E-state index in [-0.39, 0.29) is 0 Å². The first-order valence-electron chi connectivity index (χ1n) is 16.4. The Bertz CT molecular complexity index is 2850. The first-order chi connectivity index (χ1) is 23.8. The van der Waals surface area contributed by atoms with Gasteiger partial charge in [0.25, 0.3) is 0 Å². The average Bonchev–Trinajstić information content (AvgIpc) is 3.15. The molecule has 0 fully saturated rings. The standard InChI is InChI=1S/C46H28N2/c1-2-12-31-27-34(23-22-29(31)11-1)43-37-18-5-3-16-35(37)42(36-17-4-6-19-38(36)43)32-13-9-14-33(28-32)44-39-20-7-8-21-41(39)48-46-40(44)25-24-30-15-10-26-47-45(30)46/h1-28H. The van der Waals surface area contributed by atoms with Gasteiger partial charge in [0, 0.05) is 27.9 Å². The fraction of sp³-hybridized carbons (Fsp3) is 0. The molecule has 2 aromatic heterocycles. The summed E-state index contributed by atoms with van der Waals surface area (Å²) in [6, 6.07) is 59.2. The molecule has 0 radical (unpaired) electrons.